The number of carbonyl (C=O) groups is 4. The first kappa shape index (κ1) is 25.5. The van der Waals surface area contributed by atoms with E-state index in [0.717, 1.165) is 5.56 Å². The molecule has 1 fully saturated rings. The smallest absolute Gasteiger partial charge is 0.257 e. The number of aromatic hydroxyl groups is 1. The second-order valence-corrected chi connectivity index (χ2v) is 8.20. The normalized spacial score (nSPS) is 15.0. The van der Waals surface area contributed by atoms with Gasteiger partial charge in [0.05, 0.1) is 17.3 Å². The van der Waals surface area contributed by atoms with Crippen LogP contribution in [0.3, 0.4) is 0 Å². The zero-order chi connectivity index (χ0) is 25.4. The summed E-state index contributed by atoms with van der Waals surface area (Å²) in [7, 11) is 0. The van der Waals surface area contributed by atoms with Gasteiger partial charge in [-0.15, -0.1) is 0 Å². The molecule has 1 aliphatic heterocycles. The Labute approximate surface area is 204 Å². The Kier molecular flexibility index (Phi) is 8.61. The molecule has 1 aliphatic rings. The van der Waals surface area contributed by atoms with Gasteiger partial charge in [0, 0.05) is 33.1 Å². The number of piperazine rings is 1. The van der Waals surface area contributed by atoms with E-state index >= 15 is 0 Å². The predicted octanol–water partition coefficient (Wildman–Crippen LogP) is 2.46. The van der Waals surface area contributed by atoms with Gasteiger partial charge >= 0.3 is 0 Å². The van der Waals surface area contributed by atoms with Crippen LogP contribution in [0.1, 0.15) is 42.2 Å². The zero-order valence-corrected chi connectivity index (χ0v) is 19.9. The van der Waals surface area contributed by atoms with Gasteiger partial charge < -0.3 is 25.5 Å². The van der Waals surface area contributed by atoms with E-state index in [-0.39, 0.29) is 46.3 Å². The average molecular weight is 479 g/mol. The Balaban J connectivity index is 1.81. The summed E-state index contributed by atoms with van der Waals surface area (Å²) in [4.78, 5) is 51.5. The molecule has 2 aromatic carbocycles. The van der Waals surface area contributed by atoms with Crippen molar-refractivity contribution >= 4 is 30.1 Å². The van der Waals surface area contributed by atoms with Gasteiger partial charge in [-0.2, -0.15) is 0 Å². The predicted molar refractivity (Wildman–Crippen MR) is 132 cm³/mol. The van der Waals surface area contributed by atoms with Gasteiger partial charge in [-0.3, -0.25) is 19.2 Å². The quantitative estimate of drug-likeness (QED) is 0.288. The van der Waals surface area contributed by atoms with Crippen LogP contribution in [-0.2, 0) is 14.4 Å². The SMILES string of the molecule is CC[C@@H](N/C(C=O)=C(/C=O)Nc1cccc(C(=O)N2CCN(C(C)=O)CC2)c1O)c1ccccc1. The maximum atomic E-state index is 13.0. The lowest BCUT2D eigenvalue weighted by Crippen LogP contribution is -2.50. The van der Waals surface area contributed by atoms with Gasteiger partial charge in [0.1, 0.15) is 11.4 Å². The summed E-state index contributed by atoms with van der Waals surface area (Å²) in [6.45, 7) is 5.00. The maximum absolute atomic E-state index is 13.0. The molecule has 1 heterocycles. The van der Waals surface area contributed by atoms with Crippen molar-refractivity contribution in [3.63, 3.8) is 0 Å². The van der Waals surface area contributed by atoms with Gasteiger partial charge in [-0.05, 0) is 24.1 Å². The summed E-state index contributed by atoms with van der Waals surface area (Å²) in [5.74, 6) is -0.752. The molecule has 0 spiro atoms. The summed E-state index contributed by atoms with van der Waals surface area (Å²) < 4.78 is 0. The minimum atomic E-state index is -0.380. The second-order valence-electron chi connectivity index (χ2n) is 8.20. The first-order valence-corrected chi connectivity index (χ1v) is 11.5. The van der Waals surface area contributed by atoms with Crippen molar-refractivity contribution < 1.29 is 24.3 Å². The minimum absolute atomic E-state index is 0.0344. The molecular weight excluding hydrogens is 448 g/mol. The number of amides is 2. The van der Waals surface area contributed by atoms with Gasteiger partial charge in [0.2, 0.25) is 5.91 Å². The Morgan fingerprint density at radius 1 is 0.943 bits per heavy atom. The number of aldehydes is 2. The van der Waals surface area contributed by atoms with E-state index in [9.17, 15) is 24.3 Å². The third-order valence-electron chi connectivity index (χ3n) is 6.01. The molecule has 3 N–H and O–H groups in total. The van der Waals surface area contributed by atoms with Gasteiger partial charge in [0.15, 0.2) is 18.3 Å². The van der Waals surface area contributed by atoms with Crippen LogP contribution in [0.4, 0.5) is 5.69 Å². The molecular formula is C26H30N4O5. The molecule has 0 aromatic heterocycles. The summed E-state index contributed by atoms with van der Waals surface area (Å²) in [6.07, 6.45) is 1.70. The van der Waals surface area contributed by atoms with Crippen LogP contribution in [0, 0.1) is 0 Å². The number of para-hydroxylation sites is 1. The lowest BCUT2D eigenvalue weighted by molar-refractivity contribution is -0.130. The number of nitrogens with one attached hydrogen (secondary N) is 2. The van der Waals surface area contributed by atoms with E-state index < -0.39 is 0 Å². The molecule has 0 bridgehead atoms. The first-order chi connectivity index (χ1) is 16.9. The fraction of sp³-hybridized carbons (Fsp3) is 0.308. The van der Waals surface area contributed by atoms with E-state index in [4.69, 9.17) is 0 Å². The van der Waals surface area contributed by atoms with Crippen molar-refractivity contribution in [2.45, 2.75) is 26.3 Å². The molecule has 0 saturated carbocycles. The van der Waals surface area contributed by atoms with Crippen molar-refractivity contribution in [3.8, 4) is 5.75 Å². The average Bonchev–Trinajstić information content (AvgIpc) is 2.89. The van der Waals surface area contributed by atoms with Crippen LogP contribution < -0.4 is 10.6 Å². The highest BCUT2D eigenvalue weighted by molar-refractivity contribution is 5.99. The van der Waals surface area contributed by atoms with Crippen LogP contribution >= 0.6 is 0 Å². The van der Waals surface area contributed by atoms with Crippen molar-refractivity contribution in [2.75, 3.05) is 31.5 Å². The number of rotatable bonds is 9. The van der Waals surface area contributed by atoms with Crippen LogP contribution in [0.15, 0.2) is 59.9 Å². The second kappa shape index (κ2) is 11.8. The summed E-state index contributed by atoms with van der Waals surface area (Å²) in [5.41, 5.74) is 1.11. The van der Waals surface area contributed by atoms with Crippen molar-refractivity contribution in [3.05, 3.63) is 71.1 Å². The van der Waals surface area contributed by atoms with Gasteiger partial charge in [-0.1, -0.05) is 43.3 Å². The van der Waals surface area contributed by atoms with Crippen LogP contribution in [0.25, 0.3) is 0 Å². The van der Waals surface area contributed by atoms with Crippen molar-refractivity contribution in [2.24, 2.45) is 0 Å². The molecule has 0 radical (unpaired) electrons. The molecule has 1 atom stereocenters. The molecule has 9 nitrogen and oxygen atoms in total. The Morgan fingerprint density at radius 2 is 1.57 bits per heavy atom. The van der Waals surface area contributed by atoms with Gasteiger partial charge in [0.25, 0.3) is 5.91 Å². The summed E-state index contributed by atoms with van der Waals surface area (Å²) in [6, 6.07) is 13.9. The molecule has 9 heteroatoms. The number of benzene rings is 2. The van der Waals surface area contributed by atoms with E-state index in [2.05, 4.69) is 10.6 Å². The molecule has 0 unspecified atom stereocenters. The van der Waals surface area contributed by atoms with Crippen LogP contribution in [-0.4, -0.2) is 65.5 Å². The monoisotopic (exact) mass is 478 g/mol. The Hall–Kier alpha value is -4.14. The first-order valence-electron chi connectivity index (χ1n) is 11.5. The number of carbonyl (C=O) groups excluding carboxylic acids is 4. The molecule has 3 rings (SSSR count). The highest BCUT2D eigenvalue weighted by atomic mass is 16.3. The lowest BCUT2D eigenvalue weighted by Gasteiger charge is -2.34. The standard InChI is InChI=1S/C26H30N4O5/c1-3-21(19-8-5-4-6-9-19)27-23(16-31)24(17-32)28-22-11-7-10-20(25(22)34)26(35)30-14-12-29(13-15-30)18(2)33/h4-11,16-17,21,27-28,34H,3,12-15H2,1-2H3/b24-23-/t21-/m1/s1. The van der Waals surface area contributed by atoms with Crippen LogP contribution in [0.5, 0.6) is 5.75 Å². The molecule has 2 aromatic rings. The van der Waals surface area contributed by atoms with Crippen molar-refractivity contribution in [1.29, 1.82) is 0 Å². The van der Waals surface area contributed by atoms with E-state index in [1.165, 1.54) is 19.1 Å². The van der Waals surface area contributed by atoms with Crippen molar-refractivity contribution in [1.82, 2.24) is 15.1 Å². The van der Waals surface area contributed by atoms with E-state index in [0.29, 0.717) is 45.2 Å². The highest BCUT2D eigenvalue weighted by Gasteiger charge is 2.26. The van der Waals surface area contributed by atoms with E-state index in [1.54, 1.807) is 15.9 Å². The topological polar surface area (TPSA) is 119 Å². The van der Waals surface area contributed by atoms with E-state index in [1.807, 2.05) is 37.3 Å². The minimum Gasteiger partial charge on any atom is -0.505 e. The number of phenols is 1. The molecule has 0 aliphatic carbocycles. The third kappa shape index (κ3) is 6.06. The fourth-order valence-corrected chi connectivity index (χ4v) is 3.99. The number of hydrogen-bond acceptors (Lipinski definition) is 7. The number of allylic oxidation sites excluding steroid dienone is 2. The zero-order valence-electron chi connectivity index (χ0n) is 19.9. The Bertz CT molecular complexity index is 1110. The number of nitrogens with zero attached hydrogens (tertiary/aromatic N) is 2. The highest BCUT2D eigenvalue weighted by Crippen LogP contribution is 2.30. The summed E-state index contributed by atoms with van der Waals surface area (Å²) in [5, 5.41) is 16.7. The molecule has 2 amide bonds. The number of anilines is 1. The molecule has 1 saturated heterocycles. The number of hydrogen-bond donors (Lipinski definition) is 3. The molecule has 35 heavy (non-hydrogen) atoms. The maximum Gasteiger partial charge on any atom is 0.257 e. The Morgan fingerprint density at radius 3 is 2.14 bits per heavy atom. The summed E-state index contributed by atoms with van der Waals surface area (Å²) >= 11 is 0. The van der Waals surface area contributed by atoms with Crippen LogP contribution in [0.2, 0.25) is 0 Å². The molecule has 184 valence electrons. The number of phenolic OH excluding ortho intramolecular Hbond substituents is 1. The fourth-order valence-electron chi connectivity index (χ4n) is 3.99. The lowest BCUT2D eigenvalue weighted by atomic mass is 10.0. The largest absolute Gasteiger partial charge is 0.505 e. The van der Waals surface area contributed by atoms with Gasteiger partial charge in [-0.25, -0.2) is 0 Å². The third-order valence-corrected chi connectivity index (χ3v) is 6.01.